The Labute approximate surface area is 139 Å². The summed E-state index contributed by atoms with van der Waals surface area (Å²) in [7, 11) is 0. The van der Waals surface area contributed by atoms with Crippen LogP contribution in [0.1, 0.15) is 11.1 Å². The molecule has 0 aliphatic rings. The first-order valence-corrected chi connectivity index (χ1v) is 7.94. The van der Waals surface area contributed by atoms with Gasteiger partial charge in [-0.05, 0) is 35.4 Å². The minimum atomic E-state index is 0.0160. The molecular formula is C20H17N3O. The molecule has 2 N–H and O–H groups in total. The summed E-state index contributed by atoms with van der Waals surface area (Å²) in [5, 5.41) is 5.34. The molecule has 0 aliphatic carbocycles. The Kier molecular flexibility index (Phi) is 3.71. The number of hydrogen-bond donors (Lipinski definition) is 2. The van der Waals surface area contributed by atoms with Gasteiger partial charge >= 0.3 is 0 Å². The van der Waals surface area contributed by atoms with Crippen LogP contribution in [0.3, 0.4) is 0 Å². The number of nitrogens with zero attached hydrogens (tertiary/aromatic N) is 1. The molecule has 2 aromatic heterocycles. The second-order valence-corrected chi connectivity index (χ2v) is 5.86. The van der Waals surface area contributed by atoms with E-state index in [-0.39, 0.29) is 5.91 Å². The number of fused-ring (bicyclic) bond motifs is 3. The SMILES string of the molecule is O=C(Cc1ccc2c(c1)[nH]c1ccccc12)NCc1ccncc1. The topological polar surface area (TPSA) is 57.8 Å². The number of nitrogens with one attached hydrogen (secondary N) is 2. The number of para-hydroxylation sites is 1. The van der Waals surface area contributed by atoms with Gasteiger partial charge in [-0.1, -0.05) is 30.3 Å². The lowest BCUT2D eigenvalue weighted by molar-refractivity contribution is -0.120. The van der Waals surface area contributed by atoms with Crippen LogP contribution in [0.5, 0.6) is 0 Å². The summed E-state index contributed by atoms with van der Waals surface area (Å²) in [6.45, 7) is 0.524. The molecule has 0 saturated carbocycles. The van der Waals surface area contributed by atoms with Gasteiger partial charge in [0.15, 0.2) is 0 Å². The molecule has 0 unspecified atom stereocenters. The third-order valence-electron chi connectivity index (χ3n) is 4.17. The lowest BCUT2D eigenvalue weighted by Gasteiger charge is -2.05. The third kappa shape index (κ3) is 2.86. The minimum absolute atomic E-state index is 0.0160. The second-order valence-electron chi connectivity index (χ2n) is 5.86. The van der Waals surface area contributed by atoms with E-state index in [9.17, 15) is 4.79 Å². The quantitative estimate of drug-likeness (QED) is 0.605. The summed E-state index contributed by atoms with van der Waals surface area (Å²) in [6.07, 6.45) is 3.83. The van der Waals surface area contributed by atoms with Gasteiger partial charge in [-0.2, -0.15) is 0 Å². The first-order valence-electron chi connectivity index (χ1n) is 7.94. The number of hydrogen-bond acceptors (Lipinski definition) is 2. The fourth-order valence-electron chi connectivity index (χ4n) is 2.96. The number of pyridine rings is 1. The van der Waals surface area contributed by atoms with E-state index in [0.29, 0.717) is 13.0 Å². The Bertz CT molecular complexity index is 1010. The summed E-state index contributed by atoms with van der Waals surface area (Å²) >= 11 is 0. The molecule has 24 heavy (non-hydrogen) atoms. The largest absolute Gasteiger partial charge is 0.355 e. The van der Waals surface area contributed by atoms with Gasteiger partial charge in [0.2, 0.25) is 5.91 Å². The standard InChI is InChI=1S/C20H17N3O/c24-20(22-13-14-7-9-21-10-8-14)12-15-5-6-17-16-3-1-2-4-18(16)23-19(17)11-15/h1-11,23H,12-13H2,(H,22,24). The van der Waals surface area contributed by atoms with Crippen LogP contribution in [0.2, 0.25) is 0 Å². The Balaban J connectivity index is 1.50. The molecule has 0 radical (unpaired) electrons. The van der Waals surface area contributed by atoms with E-state index in [1.807, 2.05) is 30.3 Å². The Hall–Kier alpha value is -3.14. The lowest BCUT2D eigenvalue weighted by Crippen LogP contribution is -2.24. The molecule has 0 bridgehead atoms. The molecule has 2 heterocycles. The summed E-state index contributed by atoms with van der Waals surface area (Å²) in [5.41, 5.74) is 4.23. The number of H-pyrrole nitrogens is 1. The van der Waals surface area contributed by atoms with Gasteiger partial charge in [-0.3, -0.25) is 9.78 Å². The van der Waals surface area contributed by atoms with Crippen LogP contribution in [0.25, 0.3) is 21.8 Å². The Morgan fingerprint density at radius 2 is 1.71 bits per heavy atom. The van der Waals surface area contributed by atoms with Gasteiger partial charge in [-0.25, -0.2) is 0 Å². The van der Waals surface area contributed by atoms with Gasteiger partial charge in [-0.15, -0.1) is 0 Å². The van der Waals surface area contributed by atoms with E-state index in [0.717, 1.165) is 22.2 Å². The van der Waals surface area contributed by atoms with Crippen LogP contribution in [0.4, 0.5) is 0 Å². The number of aromatic nitrogens is 2. The molecule has 0 fully saturated rings. The first kappa shape index (κ1) is 14.5. The molecule has 1 amide bonds. The monoisotopic (exact) mass is 315 g/mol. The van der Waals surface area contributed by atoms with Crippen LogP contribution in [0.15, 0.2) is 67.0 Å². The maximum Gasteiger partial charge on any atom is 0.224 e. The van der Waals surface area contributed by atoms with Crippen molar-refractivity contribution in [3.63, 3.8) is 0 Å². The third-order valence-corrected chi connectivity index (χ3v) is 4.17. The zero-order valence-corrected chi connectivity index (χ0v) is 13.1. The number of carbonyl (C=O) groups excluding carboxylic acids is 1. The first-order chi connectivity index (χ1) is 11.8. The van der Waals surface area contributed by atoms with E-state index in [4.69, 9.17) is 0 Å². The average Bonchev–Trinajstić information content (AvgIpc) is 2.98. The Morgan fingerprint density at radius 3 is 2.58 bits per heavy atom. The smallest absolute Gasteiger partial charge is 0.224 e. The zero-order valence-electron chi connectivity index (χ0n) is 13.1. The van der Waals surface area contributed by atoms with Crippen LogP contribution >= 0.6 is 0 Å². The highest BCUT2D eigenvalue weighted by atomic mass is 16.1. The predicted octanol–water partition coefficient (Wildman–Crippen LogP) is 3.58. The summed E-state index contributed by atoms with van der Waals surface area (Å²) < 4.78 is 0. The molecule has 0 saturated heterocycles. The minimum Gasteiger partial charge on any atom is -0.355 e. The van der Waals surface area contributed by atoms with Crippen LogP contribution in [-0.4, -0.2) is 15.9 Å². The van der Waals surface area contributed by atoms with Crippen molar-refractivity contribution in [2.45, 2.75) is 13.0 Å². The van der Waals surface area contributed by atoms with Crippen LogP contribution < -0.4 is 5.32 Å². The number of benzene rings is 2. The van der Waals surface area contributed by atoms with Crippen molar-refractivity contribution in [1.82, 2.24) is 15.3 Å². The van der Waals surface area contributed by atoms with Gasteiger partial charge in [0.05, 0.1) is 6.42 Å². The fraction of sp³-hybridized carbons (Fsp3) is 0.100. The molecule has 4 nitrogen and oxygen atoms in total. The number of carbonyl (C=O) groups is 1. The van der Waals surface area contributed by atoms with Crippen molar-refractivity contribution in [3.05, 3.63) is 78.1 Å². The van der Waals surface area contributed by atoms with E-state index in [1.54, 1.807) is 12.4 Å². The maximum atomic E-state index is 12.2. The van der Waals surface area contributed by atoms with Crippen molar-refractivity contribution in [2.75, 3.05) is 0 Å². The normalized spacial score (nSPS) is 11.0. The van der Waals surface area contributed by atoms with Crippen molar-refractivity contribution in [1.29, 1.82) is 0 Å². The number of rotatable bonds is 4. The molecule has 118 valence electrons. The van der Waals surface area contributed by atoms with Gasteiger partial charge in [0.25, 0.3) is 0 Å². The number of aromatic amines is 1. The summed E-state index contributed by atoms with van der Waals surface area (Å²) in [5.74, 6) is 0.0160. The van der Waals surface area contributed by atoms with Crippen molar-refractivity contribution in [2.24, 2.45) is 0 Å². The molecule has 4 rings (SSSR count). The molecule has 0 aliphatic heterocycles. The summed E-state index contributed by atoms with van der Waals surface area (Å²) in [4.78, 5) is 19.5. The maximum absolute atomic E-state index is 12.2. The van der Waals surface area contributed by atoms with Crippen LogP contribution in [-0.2, 0) is 17.8 Å². The van der Waals surface area contributed by atoms with Crippen molar-refractivity contribution in [3.8, 4) is 0 Å². The summed E-state index contributed by atoms with van der Waals surface area (Å²) in [6, 6.07) is 18.2. The average molecular weight is 315 g/mol. The molecular weight excluding hydrogens is 298 g/mol. The van der Waals surface area contributed by atoms with Crippen molar-refractivity contribution < 1.29 is 4.79 Å². The fourth-order valence-corrected chi connectivity index (χ4v) is 2.96. The van der Waals surface area contributed by atoms with Crippen molar-refractivity contribution >= 4 is 27.7 Å². The van der Waals surface area contributed by atoms with E-state index >= 15 is 0 Å². The molecule has 2 aromatic carbocycles. The van der Waals surface area contributed by atoms with E-state index in [1.165, 1.54) is 10.8 Å². The molecule has 4 heteroatoms. The van der Waals surface area contributed by atoms with E-state index in [2.05, 4.69) is 39.6 Å². The highest BCUT2D eigenvalue weighted by Gasteiger charge is 2.07. The Morgan fingerprint density at radius 1 is 0.917 bits per heavy atom. The van der Waals surface area contributed by atoms with Gasteiger partial charge in [0.1, 0.15) is 0 Å². The molecule has 0 atom stereocenters. The van der Waals surface area contributed by atoms with Gasteiger partial charge in [0, 0.05) is 40.7 Å². The predicted molar refractivity (Wildman–Crippen MR) is 95.6 cm³/mol. The van der Waals surface area contributed by atoms with Gasteiger partial charge < -0.3 is 10.3 Å². The number of amides is 1. The highest BCUT2D eigenvalue weighted by Crippen LogP contribution is 2.25. The van der Waals surface area contributed by atoms with Crippen LogP contribution in [0, 0.1) is 0 Å². The molecule has 4 aromatic rings. The molecule has 0 spiro atoms. The second kappa shape index (κ2) is 6.16. The highest BCUT2D eigenvalue weighted by molar-refractivity contribution is 6.07. The zero-order chi connectivity index (χ0) is 16.4. The lowest BCUT2D eigenvalue weighted by atomic mass is 10.1. The van der Waals surface area contributed by atoms with E-state index < -0.39 is 0 Å².